The SMILES string of the molecule is Oc1ccccc1C1C=CC=CN1. The van der Waals surface area contributed by atoms with Crippen LogP contribution in [0, 0.1) is 0 Å². The van der Waals surface area contributed by atoms with E-state index in [4.69, 9.17) is 0 Å². The molecule has 0 aliphatic carbocycles. The van der Waals surface area contributed by atoms with Crippen molar-refractivity contribution < 1.29 is 5.11 Å². The second-order valence-corrected chi connectivity index (χ2v) is 2.95. The van der Waals surface area contributed by atoms with Crippen molar-refractivity contribution >= 4 is 0 Å². The predicted molar refractivity (Wildman–Crippen MR) is 52.3 cm³/mol. The third-order valence-corrected chi connectivity index (χ3v) is 2.06. The first-order chi connectivity index (χ1) is 6.38. The van der Waals surface area contributed by atoms with Gasteiger partial charge in [0.05, 0.1) is 6.04 Å². The van der Waals surface area contributed by atoms with E-state index in [1.165, 1.54) is 0 Å². The molecule has 0 radical (unpaired) electrons. The van der Waals surface area contributed by atoms with Crippen LogP contribution in [0.25, 0.3) is 0 Å². The molecule has 2 heteroatoms. The fraction of sp³-hybridized carbons (Fsp3) is 0.0909. The molecule has 66 valence electrons. The number of para-hydroxylation sites is 1. The average molecular weight is 173 g/mol. The van der Waals surface area contributed by atoms with Crippen molar-refractivity contribution in [3.8, 4) is 5.75 Å². The molecule has 2 rings (SSSR count). The van der Waals surface area contributed by atoms with Gasteiger partial charge >= 0.3 is 0 Å². The summed E-state index contributed by atoms with van der Waals surface area (Å²) >= 11 is 0. The van der Waals surface area contributed by atoms with Crippen LogP contribution in [0.4, 0.5) is 0 Å². The number of nitrogens with one attached hydrogen (secondary N) is 1. The topological polar surface area (TPSA) is 32.3 Å². The number of hydrogen-bond acceptors (Lipinski definition) is 2. The molecule has 1 aromatic carbocycles. The molecule has 1 aliphatic heterocycles. The number of benzene rings is 1. The van der Waals surface area contributed by atoms with Crippen molar-refractivity contribution in [1.82, 2.24) is 5.32 Å². The number of phenols is 1. The molecule has 1 aliphatic rings. The molecule has 0 fully saturated rings. The Morgan fingerprint density at radius 2 is 2.00 bits per heavy atom. The van der Waals surface area contributed by atoms with Gasteiger partial charge in [-0.05, 0) is 18.3 Å². The second-order valence-electron chi connectivity index (χ2n) is 2.95. The highest BCUT2D eigenvalue weighted by Gasteiger charge is 2.10. The minimum absolute atomic E-state index is 0.0891. The molecule has 1 unspecified atom stereocenters. The van der Waals surface area contributed by atoms with E-state index in [0.717, 1.165) is 5.56 Å². The first-order valence-corrected chi connectivity index (χ1v) is 4.25. The third kappa shape index (κ3) is 1.56. The summed E-state index contributed by atoms with van der Waals surface area (Å²) in [4.78, 5) is 0. The molecule has 13 heavy (non-hydrogen) atoms. The van der Waals surface area contributed by atoms with E-state index in [9.17, 15) is 5.11 Å². The van der Waals surface area contributed by atoms with Crippen LogP contribution < -0.4 is 5.32 Å². The van der Waals surface area contributed by atoms with Gasteiger partial charge in [-0.3, -0.25) is 0 Å². The van der Waals surface area contributed by atoms with E-state index in [2.05, 4.69) is 5.32 Å². The van der Waals surface area contributed by atoms with Gasteiger partial charge in [0.15, 0.2) is 0 Å². The lowest BCUT2D eigenvalue weighted by molar-refractivity contribution is 0.463. The molecule has 1 aromatic rings. The Hall–Kier alpha value is -1.70. The molecule has 0 aromatic heterocycles. The first-order valence-electron chi connectivity index (χ1n) is 4.25. The highest BCUT2D eigenvalue weighted by atomic mass is 16.3. The van der Waals surface area contributed by atoms with Crippen molar-refractivity contribution in [2.24, 2.45) is 0 Å². The minimum Gasteiger partial charge on any atom is -0.508 e. The molecule has 0 saturated carbocycles. The quantitative estimate of drug-likeness (QED) is 0.681. The Bertz CT molecular complexity index is 355. The van der Waals surface area contributed by atoms with E-state index in [1.807, 2.05) is 42.6 Å². The highest BCUT2D eigenvalue weighted by Crippen LogP contribution is 2.25. The summed E-state index contributed by atoms with van der Waals surface area (Å²) in [5, 5.41) is 12.7. The Labute approximate surface area is 77.2 Å². The Balaban J connectivity index is 2.30. The normalized spacial score (nSPS) is 19.8. The number of dihydropyridines is 1. The van der Waals surface area contributed by atoms with E-state index in [0.29, 0.717) is 5.75 Å². The first kappa shape index (κ1) is 7.92. The lowest BCUT2D eigenvalue weighted by Crippen LogP contribution is -2.14. The third-order valence-electron chi connectivity index (χ3n) is 2.06. The molecular formula is C11H11NO. The van der Waals surface area contributed by atoms with E-state index < -0.39 is 0 Å². The van der Waals surface area contributed by atoms with Crippen molar-refractivity contribution in [3.05, 3.63) is 54.3 Å². The van der Waals surface area contributed by atoms with Gasteiger partial charge in [0.2, 0.25) is 0 Å². The van der Waals surface area contributed by atoms with Gasteiger partial charge < -0.3 is 10.4 Å². The lowest BCUT2D eigenvalue weighted by atomic mass is 10.0. The van der Waals surface area contributed by atoms with E-state index in [-0.39, 0.29) is 6.04 Å². The summed E-state index contributed by atoms with van der Waals surface area (Å²) in [6.45, 7) is 0. The maximum Gasteiger partial charge on any atom is 0.121 e. The molecular weight excluding hydrogens is 162 g/mol. The van der Waals surface area contributed by atoms with Crippen LogP contribution in [0.3, 0.4) is 0 Å². The number of allylic oxidation sites excluding steroid dienone is 2. The average Bonchev–Trinajstić information content (AvgIpc) is 2.20. The Morgan fingerprint density at radius 3 is 2.69 bits per heavy atom. The summed E-state index contributed by atoms with van der Waals surface area (Å²) in [7, 11) is 0. The van der Waals surface area contributed by atoms with Crippen LogP contribution in [0.5, 0.6) is 5.75 Å². The molecule has 2 N–H and O–H groups in total. The smallest absolute Gasteiger partial charge is 0.121 e. The lowest BCUT2D eigenvalue weighted by Gasteiger charge is -2.16. The number of rotatable bonds is 1. The number of aromatic hydroxyl groups is 1. The van der Waals surface area contributed by atoms with Crippen LogP contribution in [0.1, 0.15) is 11.6 Å². The van der Waals surface area contributed by atoms with Crippen LogP contribution in [0.2, 0.25) is 0 Å². The van der Waals surface area contributed by atoms with E-state index >= 15 is 0 Å². The number of phenolic OH excluding ortho intramolecular Hbond substituents is 1. The molecule has 1 atom stereocenters. The summed E-state index contributed by atoms with van der Waals surface area (Å²) in [5.74, 6) is 0.333. The molecule has 1 heterocycles. The summed E-state index contributed by atoms with van der Waals surface area (Å²) in [6.07, 6.45) is 7.77. The van der Waals surface area contributed by atoms with Crippen LogP contribution in [-0.2, 0) is 0 Å². The molecule has 0 spiro atoms. The summed E-state index contributed by atoms with van der Waals surface area (Å²) in [5.41, 5.74) is 0.906. The highest BCUT2D eigenvalue weighted by molar-refractivity contribution is 5.38. The van der Waals surface area contributed by atoms with Crippen LogP contribution in [0.15, 0.2) is 48.7 Å². The van der Waals surface area contributed by atoms with Crippen molar-refractivity contribution in [2.75, 3.05) is 0 Å². The molecule has 2 nitrogen and oxygen atoms in total. The molecule has 0 bridgehead atoms. The minimum atomic E-state index is 0.0891. The van der Waals surface area contributed by atoms with Crippen molar-refractivity contribution in [2.45, 2.75) is 6.04 Å². The van der Waals surface area contributed by atoms with Crippen LogP contribution in [-0.4, -0.2) is 5.11 Å². The van der Waals surface area contributed by atoms with Crippen molar-refractivity contribution in [1.29, 1.82) is 0 Å². The largest absolute Gasteiger partial charge is 0.508 e. The second kappa shape index (κ2) is 3.35. The fourth-order valence-electron chi connectivity index (χ4n) is 1.39. The number of hydrogen-bond donors (Lipinski definition) is 2. The maximum absolute atomic E-state index is 9.56. The van der Waals surface area contributed by atoms with Gasteiger partial charge in [-0.25, -0.2) is 0 Å². The zero-order valence-corrected chi connectivity index (χ0v) is 7.14. The summed E-state index contributed by atoms with van der Waals surface area (Å²) in [6, 6.07) is 7.44. The predicted octanol–water partition coefficient (Wildman–Crippen LogP) is 2.11. The van der Waals surface area contributed by atoms with E-state index in [1.54, 1.807) is 6.07 Å². The Kier molecular flexibility index (Phi) is 2.04. The Morgan fingerprint density at radius 1 is 1.15 bits per heavy atom. The molecule has 0 amide bonds. The van der Waals surface area contributed by atoms with Crippen molar-refractivity contribution in [3.63, 3.8) is 0 Å². The van der Waals surface area contributed by atoms with Gasteiger partial charge in [0, 0.05) is 5.56 Å². The fourth-order valence-corrected chi connectivity index (χ4v) is 1.39. The zero-order valence-electron chi connectivity index (χ0n) is 7.14. The van der Waals surface area contributed by atoms with Gasteiger partial charge in [-0.1, -0.05) is 30.4 Å². The van der Waals surface area contributed by atoms with Gasteiger partial charge in [0.25, 0.3) is 0 Å². The maximum atomic E-state index is 9.56. The zero-order chi connectivity index (χ0) is 9.10. The van der Waals surface area contributed by atoms with Gasteiger partial charge in [0.1, 0.15) is 5.75 Å². The summed E-state index contributed by atoms with van der Waals surface area (Å²) < 4.78 is 0. The van der Waals surface area contributed by atoms with Gasteiger partial charge in [-0.15, -0.1) is 0 Å². The van der Waals surface area contributed by atoms with Crippen LogP contribution >= 0.6 is 0 Å². The van der Waals surface area contributed by atoms with Gasteiger partial charge in [-0.2, -0.15) is 0 Å². The molecule has 0 saturated heterocycles. The monoisotopic (exact) mass is 173 g/mol. The standard InChI is InChI=1S/C11H11NO/c13-11-7-2-1-5-9(11)10-6-3-4-8-12-10/h1-8,10,12-13H.